The maximum atomic E-state index is 13.4. The number of rotatable bonds is 7. The number of nitrogens with zero attached hydrogens (tertiary/aromatic N) is 3. The lowest BCUT2D eigenvalue weighted by Gasteiger charge is -2.26. The highest BCUT2D eigenvalue weighted by atomic mass is 32.1. The van der Waals surface area contributed by atoms with Crippen LogP contribution in [0.25, 0.3) is 5.13 Å². The Bertz CT molecular complexity index is 1140. The first kappa shape index (κ1) is 21.0. The van der Waals surface area contributed by atoms with Crippen LogP contribution in [-0.4, -0.2) is 38.7 Å². The molecule has 1 aromatic carbocycles. The number of nitrogens with one attached hydrogen (secondary N) is 1. The van der Waals surface area contributed by atoms with Crippen molar-refractivity contribution >= 4 is 29.1 Å². The lowest BCUT2D eigenvalue weighted by molar-refractivity contribution is -0.131. The second-order valence-corrected chi connectivity index (χ2v) is 8.57. The molecule has 1 atom stereocenters. The Morgan fingerprint density at radius 3 is 2.58 bits per heavy atom. The van der Waals surface area contributed by atoms with Crippen LogP contribution in [0.4, 0.5) is 4.79 Å². The summed E-state index contributed by atoms with van der Waals surface area (Å²) < 4.78 is 1.91. The molecule has 0 spiro atoms. The molecule has 1 unspecified atom stereocenters. The van der Waals surface area contributed by atoms with Crippen LogP contribution >= 0.6 is 11.3 Å². The van der Waals surface area contributed by atoms with Crippen molar-refractivity contribution in [3.8, 4) is 5.13 Å². The average molecular weight is 437 g/mol. The highest BCUT2D eigenvalue weighted by Crippen LogP contribution is 2.34. The predicted molar refractivity (Wildman–Crippen MR) is 119 cm³/mol. The Hall–Kier alpha value is -3.26. The smallest absolute Gasteiger partial charge is 0.319 e. The second kappa shape index (κ2) is 8.11. The van der Waals surface area contributed by atoms with E-state index in [1.807, 2.05) is 61.1 Å². The van der Waals surface area contributed by atoms with Gasteiger partial charge in [0.15, 0.2) is 10.9 Å². The summed E-state index contributed by atoms with van der Waals surface area (Å²) in [7, 11) is 0. The first-order valence-corrected chi connectivity index (χ1v) is 11.1. The molecule has 0 saturated carbocycles. The van der Waals surface area contributed by atoms with Gasteiger partial charge in [-0.05, 0) is 31.9 Å². The van der Waals surface area contributed by atoms with Gasteiger partial charge in [-0.15, -0.1) is 11.3 Å². The van der Waals surface area contributed by atoms with E-state index in [0.29, 0.717) is 18.4 Å². The molecule has 31 heavy (non-hydrogen) atoms. The van der Waals surface area contributed by atoms with Crippen molar-refractivity contribution < 1.29 is 14.4 Å². The highest BCUT2D eigenvalue weighted by molar-refractivity contribution is 7.12. The zero-order valence-corrected chi connectivity index (χ0v) is 18.5. The van der Waals surface area contributed by atoms with Crippen LogP contribution in [0, 0.1) is 13.8 Å². The minimum Gasteiger partial charge on any atom is -0.319 e. The third-order valence-corrected chi connectivity index (χ3v) is 6.47. The number of benzene rings is 1. The minimum absolute atomic E-state index is 0.278. The molecule has 1 fully saturated rings. The lowest BCUT2D eigenvalue weighted by Crippen LogP contribution is -2.44. The molecule has 1 N–H and O–H groups in total. The van der Waals surface area contributed by atoms with Crippen molar-refractivity contribution in [1.29, 1.82) is 0 Å². The first-order chi connectivity index (χ1) is 14.9. The Morgan fingerprint density at radius 1 is 1.19 bits per heavy atom. The molecule has 3 aromatic rings. The number of hydrogen-bond donors (Lipinski definition) is 1. The van der Waals surface area contributed by atoms with E-state index >= 15 is 0 Å². The minimum atomic E-state index is -1.13. The number of ketones is 1. The molecule has 0 radical (unpaired) electrons. The summed E-state index contributed by atoms with van der Waals surface area (Å²) in [6.07, 6.45) is 2.88. The summed E-state index contributed by atoms with van der Waals surface area (Å²) in [5.41, 5.74) is 1.70. The number of amides is 3. The van der Waals surface area contributed by atoms with Crippen molar-refractivity contribution in [3.05, 3.63) is 70.5 Å². The maximum Gasteiger partial charge on any atom is 0.325 e. The summed E-state index contributed by atoms with van der Waals surface area (Å²) in [5.74, 6) is -0.660. The number of carbonyl (C=O) groups is 3. The first-order valence-electron chi connectivity index (χ1n) is 10.2. The largest absolute Gasteiger partial charge is 0.325 e. The standard InChI is InChI=1S/C23H24N4O3S/c1-4-10-23(17-8-6-5-7-9-17)20(29)26(21(30)25-23)14-19(28)18-13-15(2)27(16(18)3)22-24-11-12-31-22/h5-9,11-13H,4,10,14H2,1-3H3,(H,25,30). The third-order valence-electron chi connectivity index (χ3n) is 5.71. The third kappa shape index (κ3) is 3.46. The lowest BCUT2D eigenvalue weighted by atomic mass is 9.85. The molecule has 1 aliphatic heterocycles. The fourth-order valence-electron chi connectivity index (χ4n) is 4.27. The summed E-state index contributed by atoms with van der Waals surface area (Å²) in [6.45, 7) is 5.41. The topological polar surface area (TPSA) is 84.3 Å². The van der Waals surface area contributed by atoms with Gasteiger partial charge in [0.2, 0.25) is 0 Å². The molecule has 4 rings (SSSR count). The van der Waals surface area contributed by atoms with Gasteiger partial charge in [-0.3, -0.25) is 19.1 Å². The molecule has 2 aromatic heterocycles. The zero-order chi connectivity index (χ0) is 22.2. The van der Waals surface area contributed by atoms with Crippen molar-refractivity contribution in [3.63, 3.8) is 0 Å². The Balaban J connectivity index is 1.63. The van der Waals surface area contributed by atoms with Gasteiger partial charge >= 0.3 is 6.03 Å². The molecular formula is C23H24N4O3S. The molecule has 0 bridgehead atoms. The zero-order valence-electron chi connectivity index (χ0n) is 17.7. The normalized spacial score (nSPS) is 18.5. The van der Waals surface area contributed by atoms with Crippen LogP contribution in [0.5, 0.6) is 0 Å². The molecular weight excluding hydrogens is 412 g/mol. The van der Waals surface area contributed by atoms with Gasteiger partial charge in [0, 0.05) is 28.5 Å². The average Bonchev–Trinajstić information content (AvgIpc) is 3.44. The van der Waals surface area contributed by atoms with Crippen LogP contribution in [0.2, 0.25) is 0 Å². The summed E-state index contributed by atoms with van der Waals surface area (Å²) in [6, 6.07) is 10.5. The van der Waals surface area contributed by atoms with Gasteiger partial charge in [-0.2, -0.15) is 0 Å². The Morgan fingerprint density at radius 2 is 1.94 bits per heavy atom. The molecule has 8 heteroatoms. The van der Waals surface area contributed by atoms with Gasteiger partial charge in [0.05, 0.1) is 6.54 Å². The van der Waals surface area contributed by atoms with Gasteiger partial charge in [0.1, 0.15) is 5.54 Å². The number of hydrogen-bond acceptors (Lipinski definition) is 5. The number of aryl methyl sites for hydroxylation is 1. The molecule has 160 valence electrons. The molecule has 1 saturated heterocycles. The van der Waals surface area contributed by atoms with Crippen LogP contribution in [0.3, 0.4) is 0 Å². The van der Waals surface area contributed by atoms with Gasteiger partial charge in [-0.25, -0.2) is 9.78 Å². The van der Waals surface area contributed by atoms with E-state index < -0.39 is 11.6 Å². The van der Waals surface area contributed by atoms with Crippen LogP contribution in [0.15, 0.2) is 48.0 Å². The quantitative estimate of drug-likeness (QED) is 0.448. The van der Waals surface area contributed by atoms with E-state index in [1.165, 1.54) is 11.3 Å². The van der Waals surface area contributed by atoms with Crippen LogP contribution in [-0.2, 0) is 10.3 Å². The molecule has 0 aliphatic carbocycles. The number of carbonyl (C=O) groups excluding carboxylic acids is 3. The van der Waals surface area contributed by atoms with E-state index in [0.717, 1.165) is 27.0 Å². The van der Waals surface area contributed by atoms with E-state index in [9.17, 15) is 14.4 Å². The van der Waals surface area contributed by atoms with E-state index in [4.69, 9.17) is 0 Å². The number of urea groups is 1. The molecule has 1 aliphatic rings. The molecule has 3 amide bonds. The summed E-state index contributed by atoms with van der Waals surface area (Å²) >= 11 is 1.48. The number of aromatic nitrogens is 2. The van der Waals surface area contributed by atoms with Crippen LogP contribution in [0.1, 0.15) is 47.1 Å². The molecule has 7 nitrogen and oxygen atoms in total. The van der Waals surface area contributed by atoms with E-state index in [-0.39, 0.29) is 18.2 Å². The SMILES string of the molecule is CCCC1(c2ccccc2)NC(=O)N(CC(=O)c2cc(C)n(-c3nccs3)c2C)C1=O. The highest BCUT2D eigenvalue weighted by Gasteiger charge is 2.52. The van der Waals surface area contributed by atoms with Crippen LogP contribution < -0.4 is 5.32 Å². The molecule has 3 heterocycles. The van der Waals surface area contributed by atoms with Crippen molar-refractivity contribution in [2.45, 2.75) is 39.2 Å². The predicted octanol–water partition coefficient (Wildman–Crippen LogP) is 3.98. The van der Waals surface area contributed by atoms with Crippen molar-refractivity contribution in [2.75, 3.05) is 6.54 Å². The van der Waals surface area contributed by atoms with Crippen molar-refractivity contribution in [1.82, 2.24) is 19.8 Å². The monoisotopic (exact) mass is 436 g/mol. The van der Waals surface area contributed by atoms with Gasteiger partial charge in [0.25, 0.3) is 5.91 Å². The second-order valence-electron chi connectivity index (χ2n) is 7.70. The van der Waals surface area contributed by atoms with Gasteiger partial charge in [-0.1, -0.05) is 43.7 Å². The summed E-state index contributed by atoms with van der Waals surface area (Å²) in [4.78, 5) is 44.7. The fourth-order valence-corrected chi connectivity index (χ4v) is 5.02. The Kier molecular flexibility index (Phi) is 5.49. The van der Waals surface area contributed by atoms with Gasteiger partial charge < -0.3 is 5.32 Å². The number of Topliss-reactive ketones (excluding diaryl/α,β-unsaturated/α-hetero) is 1. The summed E-state index contributed by atoms with van der Waals surface area (Å²) in [5, 5.41) is 5.51. The van der Waals surface area contributed by atoms with E-state index in [1.54, 1.807) is 12.3 Å². The van der Waals surface area contributed by atoms with Crippen molar-refractivity contribution in [2.24, 2.45) is 0 Å². The fraction of sp³-hybridized carbons (Fsp3) is 0.304. The van der Waals surface area contributed by atoms with E-state index in [2.05, 4.69) is 10.3 Å². The number of imide groups is 1. The number of thiazole rings is 1. The Labute approximate surface area is 184 Å². The maximum absolute atomic E-state index is 13.4.